The lowest BCUT2D eigenvalue weighted by Crippen LogP contribution is -2.36. The van der Waals surface area contributed by atoms with E-state index in [1.54, 1.807) is 23.9 Å². The first-order valence-electron chi connectivity index (χ1n) is 6.50. The van der Waals surface area contributed by atoms with Gasteiger partial charge in [-0.3, -0.25) is 4.79 Å². The van der Waals surface area contributed by atoms with E-state index < -0.39 is 16.1 Å². The number of amides is 1. The number of thioether (sulfide) groups is 1. The Morgan fingerprint density at radius 2 is 2.05 bits per heavy atom. The highest BCUT2D eigenvalue weighted by Gasteiger charge is 2.17. The summed E-state index contributed by atoms with van der Waals surface area (Å²) in [6, 6.07) is 4.03. The van der Waals surface area contributed by atoms with Gasteiger partial charge in [0.1, 0.15) is 0 Å². The number of halogens is 1. The van der Waals surface area contributed by atoms with Gasteiger partial charge in [0.25, 0.3) is 0 Å². The van der Waals surface area contributed by atoms with Crippen molar-refractivity contribution < 1.29 is 13.2 Å². The second-order valence-corrected chi connectivity index (χ2v) is 7.11. The van der Waals surface area contributed by atoms with Crippen molar-refractivity contribution in [2.45, 2.75) is 30.7 Å². The molecule has 126 valence electrons. The third-order valence-electron chi connectivity index (χ3n) is 2.99. The van der Waals surface area contributed by atoms with E-state index in [0.29, 0.717) is 24.1 Å². The molecule has 0 spiro atoms. The second-order valence-electron chi connectivity index (χ2n) is 4.60. The number of hydrogen-bond acceptors (Lipinski definition) is 5. The van der Waals surface area contributed by atoms with E-state index >= 15 is 0 Å². The number of rotatable bonds is 7. The van der Waals surface area contributed by atoms with Crippen molar-refractivity contribution in [3.05, 3.63) is 23.8 Å². The number of nitrogens with two attached hydrogens (primary N) is 2. The number of carbonyl (C=O) groups is 1. The van der Waals surface area contributed by atoms with Crippen LogP contribution in [0.1, 0.15) is 18.9 Å². The van der Waals surface area contributed by atoms with E-state index in [4.69, 9.17) is 10.9 Å². The normalized spacial score (nSPS) is 12.4. The van der Waals surface area contributed by atoms with Crippen molar-refractivity contribution in [1.29, 1.82) is 0 Å². The summed E-state index contributed by atoms with van der Waals surface area (Å²) in [6.07, 6.45) is 3.03. The Balaban J connectivity index is 0.00000441. The summed E-state index contributed by atoms with van der Waals surface area (Å²) < 4.78 is 23.1. The van der Waals surface area contributed by atoms with Crippen LogP contribution in [0.4, 0.5) is 5.69 Å². The Bertz CT molecular complexity index is 609. The smallest absolute Gasteiger partial charge is 0.241 e. The van der Waals surface area contributed by atoms with Crippen molar-refractivity contribution in [2.24, 2.45) is 10.9 Å². The van der Waals surface area contributed by atoms with Crippen molar-refractivity contribution in [3.8, 4) is 0 Å². The minimum Gasteiger partial charge on any atom is -0.325 e. The second kappa shape index (κ2) is 9.36. The van der Waals surface area contributed by atoms with Gasteiger partial charge in [-0.2, -0.15) is 11.8 Å². The average molecular weight is 368 g/mol. The highest BCUT2D eigenvalue weighted by atomic mass is 35.5. The van der Waals surface area contributed by atoms with Crippen LogP contribution in [-0.4, -0.2) is 32.4 Å². The van der Waals surface area contributed by atoms with E-state index in [2.05, 4.69) is 5.32 Å². The fourth-order valence-electron chi connectivity index (χ4n) is 1.80. The van der Waals surface area contributed by atoms with E-state index in [9.17, 15) is 13.2 Å². The van der Waals surface area contributed by atoms with Gasteiger partial charge in [0, 0.05) is 5.69 Å². The predicted octanol–water partition coefficient (Wildman–Crippen LogP) is 1.34. The molecule has 22 heavy (non-hydrogen) atoms. The predicted molar refractivity (Wildman–Crippen MR) is 94.0 cm³/mol. The van der Waals surface area contributed by atoms with Gasteiger partial charge in [0.05, 0.1) is 10.9 Å². The molecular formula is C13H22ClN3O3S2. The minimum atomic E-state index is -3.82. The molecule has 1 aromatic rings. The van der Waals surface area contributed by atoms with Gasteiger partial charge >= 0.3 is 0 Å². The number of anilines is 1. The highest BCUT2D eigenvalue weighted by Crippen LogP contribution is 2.20. The van der Waals surface area contributed by atoms with E-state index in [0.717, 1.165) is 5.75 Å². The zero-order valence-corrected chi connectivity index (χ0v) is 15.0. The largest absolute Gasteiger partial charge is 0.325 e. The summed E-state index contributed by atoms with van der Waals surface area (Å²) in [4.78, 5) is 11.9. The molecular weight excluding hydrogens is 346 g/mol. The summed E-state index contributed by atoms with van der Waals surface area (Å²) in [5, 5.41) is 7.81. The fourth-order valence-corrected chi connectivity index (χ4v) is 3.16. The number of primary sulfonamides is 1. The third kappa shape index (κ3) is 6.13. The molecule has 0 aromatic heterocycles. The van der Waals surface area contributed by atoms with Crippen molar-refractivity contribution in [3.63, 3.8) is 0 Å². The van der Waals surface area contributed by atoms with Gasteiger partial charge in [-0.15, -0.1) is 12.4 Å². The number of aryl methyl sites for hydroxylation is 1. The first kappa shape index (κ1) is 21.2. The molecule has 0 heterocycles. The van der Waals surface area contributed by atoms with E-state index in [-0.39, 0.29) is 23.2 Å². The molecule has 1 aromatic carbocycles. The Hall–Kier alpha value is -0.800. The van der Waals surface area contributed by atoms with Crippen LogP contribution >= 0.6 is 24.2 Å². The van der Waals surface area contributed by atoms with Gasteiger partial charge in [-0.1, -0.05) is 13.0 Å². The molecule has 1 rings (SSSR count). The van der Waals surface area contributed by atoms with Crippen LogP contribution < -0.4 is 16.2 Å². The molecule has 0 unspecified atom stereocenters. The Labute approximate surface area is 141 Å². The van der Waals surface area contributed by atoms with E-state index in [1.165, 1.54) is 6.07 Å². The quantitative estimate of drug-likeness (QED) is 0.672. The molecule has 1 atom stereocenters. The molecule has 0 fully saturated rings. The maximum absolute atomic E-state index is 11.9. The van der Waals surface area contributed by atoms with Crippen LogP contribution in [0.25, 0.3) is 0 Å². The van der Waals surface area contributed by atoms with Gasteiger partial charge in [-0.25, -0.2) is 13.6 Å². The number of benzene rings is 1. The van der Waals surface area contributed by atoms with Crippen LogP contribution in [0.2, 0.25) is 0 Å². The topological polar surface area (TPSA) is 115 Å². The molecule has 1 amide bonds. The van der Waals surface area contributed by atoms with Crippen LogP contribution in [0.3, 0.4) is 0 Å². The number of sulfonamides is 1. The van der Waals surface area contributed by atoms with Gasteiger partial charge < -0.3 is 11.1 Å². The lowest BCUT2D eigenvalue weighted by molar-refractivity contribution is -0.117. The molecule has 0 aliphatic carbocycles. The van der Waals surface area contributed by atoms with E-state index in [1.807, 2.05) is 13.2 Å². The van der Waals surface area contributed by atoms with Crippen molar-refractivity contribution >= 4 is 45.8 Å². The zero-order valence-electron chi connectivity index (χ0n) is 12.5. The molecule has 6 nitrogen and oxygen atoms in total. The average Bonchev–Trinajstić information content (AvgIpc) is 2.43. The standard InChI is InChI=1S/C13H21N3O3S2.ClH/c1-3-9-4-5-10(8-12(9)21(15,18)19)16-13(17)11(14)6-7-20-2;/h4-5,8,11H,3,6-7,14H2,1-2H3,(H,16,17)(H2,15,18,19);1H/t11-;/m0./s1. The fraction of sp³-hybridized carbons (Fsp3) is 0.462. The van der Waals surface area contributed by atoms with Crippen molar-refractivity contribution in [2.75, 3.05) is 17.3 Å². The van der Waals surface area contributed by atoms with Crippen molar-refractivity contribution in [1.82, 2.24) is 0 Å². The number of nitrogens with one attached hydrogen (secondary N) is 1. The molecule has 9 heteroatoms. The lowest BCUT2D eigenvalue weighted by atomic mass is 10.1. The zero-order chi connectivity index (χ0) is 16.0. The van der Waals surface area contributed by atoms with Gasteiger partial charge in [-0.05, 0) is 42.5 Å². The van der Waals surface area contributed by atoms with Crippen LogP contribution in [-0.2, 0) is 21.2 Å². The molecule has 0 saturated carbocycles. The highest BCUT2D eigenvalue weighted by molar-refractivity contribution is 7.98. The molecule has 5 N–H and O–H groups in total. The first-order chi connectivity index (χ1) is 9.79. The molecule has 0 radical (unpaired) electrons. The summed E-state index contributed by atoms with van der Waals surface area (Å²) in [5.74, 6) is 0.444. The van der Waals surface area contributed by atoms with Crippen LogP contribution in [0, 0.1) is 0 Å². The Morgan fingerprint density at radius 3 is 2.55 bits per heavy atom. The first-order valence-corrected chi connectivity index (χ1v) is 9.44. The maximum atomic E-state index is 11.9. The monoisotopic (exact) mass is 367 g/mol. The summed E-state index contributed by atoms with van der Waals surface area (Å²) in [7, 11) is -3.82. The number of carbonyl (C=O) groups excluding carboxylic acids is 1. The Morgan fingerprint density at radius 1 is 1.41 bits per heavy atom. The van der Waals surface area contributed by atoms with Gasteiger partial charge in [0.15, 0.2) is 0 Å². The molecule has 0 bridgehead atoms. The van der Waals surface area contributed by atoms with Gasteiger partial charge in [0.2, 0.25) is 15.9 Å². The lowest BCUT2D eigenvalue weighted by Gasteiger charge is -2.13. The summed E-state index contributed by atoms with van der Waals surface area (Å²) in [5.41, 5.74) is 6.75. The van der Waals surface area contributed by atoms with Crippen LogP contribution in [0.15, 0.2) is 23.1 Å². The molecule has 0 saturated heterocycles. The van der Waals surface area contributed by atoms with Crippen LogP contribution in [0.5, 0.6) is 0 Å². The summed E-state index contributed by atoms with van der Waals surface area (Å²) in [6.45, 7) is 1.83. The Kier molecular flexibility index (Phi) is 9.02. The maximum Gasteiger partial charge on any atom is 0.241 e. The number of hydrogen-bond donors (Lipinski definition) is 3. The molecule has 0 aliphatic rings. The third-order valence-corrected chi connectivity index (χ3v) is 4.63. The summed E-state index contributed by atoms with van der Waals surface area (Å²) >= 11 is 1.61. The minimum absolute atomic E-state index is 0. The SMILES string of the molecule is CCc1ccc(NC(=O)[C@@H](N)CCSC)cc1S(N)(=O)=O.Cl. The molecule has 0 aliphatic heterocycles.